The molecular weight excluding hydrogens is 530 g/mol. The van der Waals surface area contributed by atoms with E-state index in [1.54, 1.807) is 24.3 Å². The van der Waals surface area contributed by atoms with Gasteiger partial charge in [-0.2, -0.15) is 5.26 Å². The van der Waals surface area contributed by atoms with Crippen molar-refractivity contribution in [3.8, 4) is 11.8 Å². The lowest BCUT2D eigenvalue weighted by Crippen LogP contribution is -2.66. The third-order valence-corrected chi connectivity index (χ3v) is 11.4. The SMILES string of the molecule is C[C@@H]1CN(c2ncnc3c2C(C)(C)CN3c2cnc(C#N)c(OC3CC3)c2)[C@@H](C)CN1C(=O)C1(C)CCS1(=O)=O. The number of rotatable bonds is 5. The standard InChI is InChI=1S/C28H35N7O4S/c1-17-14-34(26(36)28(5)8-9-40(28,37)38)18(2)13-33(17)24-23-25(32-16-31-24)35(15-27(23,3)4)19-10-22(39-20-6-7-20)21(11-29)30-12-19/h10,12,16-18,20H,6-9,13-15H2,1-5H3/t17-,18+,28?/m0/s1. The first-order valence-corrected chi connectivity index (χ1v) is 15.5. The van der Waals surface area contributed by atoms with Crippen molar-refractivity contribution in [2.24, 2.45) is 0 Å². The van der Waals surface area contributed by atoms with Crippen LogP contribution in [-0.4, -0.2) is 82.5 Å². The molecule has 5 heterocycles. The Labute approximate surface area is 235 Å². The molecule has 1 amide bonds. The first-order chi connectivity index (χ1) is 18.9. The van der Waals surface area contributed by atoms with Gasteiger partial charge >= 0.3 is 0 Å². The van der Waals surface area contributed by atoms with E-state index < -0.39 is 14.6 Å². The van der Waals surface area contributed by atoms with Crippen molar-refractivity contribution >= 4 is 33.1 Å². The van der Waals surface area contributed by atoms with E-state index in [1.807, 2.05) is 19.9 Å². The number of nitriles is 1. The summed E-state index contributed by atoms with van der Waals surface area (Å²) in [4.78, 5) is 33.3. The molecule has 0 radical (unpaired) electrons. The number of ether oxygens (including phenoxy) is 1. The average molecular weight is 566 g/mol. The molecule has 1 saturated carbocycles. The summed E-state index contributed by atoms with van der Waals surface area (Å²) in [7, 11) is -3.41. The fourth-order valence-electron chi connectivity index (χ4n) is 6.10. The lowest BCUT2D eigenvalue weighted by Gasteiger charge is -2.49. The van der Waals surface area contributed by atoms with Crippen LogP contribution in [0.2, 0.25) is 0 Å². The maximum atomic E-state index is 13.4. The second kappa shape index (κ2) is 9.03. The number of aromatic nitrogens is 3. The highest BCUT2D eigenvalue weighted by atomic mass is 32.2. The van der Waals surface area contributed by atoms with Crippen LogP contribution >= 0.6 is 0 Å². The molecule has 6 rings (SSSR count). The van der Waals surface area contributed by atoms with Crippen LogP contribution in [0, 0.1) is 11.3 Å². The van der Waals surface area contributed by atoms with E-state index in [9.17, 15) is 18.5 Å². The van der Waals surface area contributed by atoms with Gasteiger partial charge in [-0.3, -0.25) is 4.79 Å². The van der Waals surface area contributed by atoms with E-state index in [0.29, 0.717) is 31.8 Å². The van der Waals surface area contributed by atoms with Crippen molar-refractivity contribution in [2.45, 2.75) is 82.2 Å². The van der Waals surface area contributed by atoms with E-state index in [4.69, 9.17) is 14.7 Å². The monoisotopic (exact) mass is 565 g/mol. The third kappa shape index (κ3) is 4.08. The first kappa shape index (κ1) is 26.7. The van der Waals surface area contributed by atoms with E-state index in [1.165, 1.54) is 0 Å². The van der Waals surface area contributed by atoms with Crippen LogP contribution in [-0.2, 0) is 20.0 Å². The number of anilines is 3. The molecule has 11 nitrogen and oxygen atoms in total. The Hall–Kier alpha value is -3.46. The van der Waals surface area contributed by atoms with Gasteiger partial charge in [0.15, 0.2) is 21.3 Å². The van der Waals surface area contributed by atoms with Crippen LogP contribution in [0.4, 0.5) is 17.3 Å². The molecule has 1 aliphatic carbocycles. The third-order valence-electron chi connectivity index (χ3n) is 8.87. The minimum absolute atomic E-state index is 0.0702. The molecule has 0 bridgehead atoms. The zero-order chi connectivity index (χ0) is 28.6. The minimum Gasteiger partial charge on any atom is -0.487 e. The van der Waals surface area contributed by atoms with Crippen LogP contribution in [0.3, 0.4) is 0 Å². The molecule has 3 fully saturated rings. The van der Waals surface area contributed by atoms with Gasteiger partial charge in [0.1, 0.15) is 28.8 Å². The van der Waals surface area contributed by atoms with E-state index in [-0.39, 0.29) is 41.0 Å². The number of pyridine rings is 1. The Morgan fingerprint density at radius 1 is 1.10 bits per heavy atom. The van der Waals surface area contributed by atoms with Gasteiger partial charge in [-0.05, 0) is 40.0 Å². The van der Waals surface area contributed by atoms with E-state index in [0.717, 1.165) is 35.7 Å². The van der Waals surface area contributed by atoms with Crippen LogP contribution < -0.4 is 14.5 Å². The van der Waals surface area contributed by atoms with Crippen molar-refractivity contribution in [2.75, 3.05) is 35.2 Å². The molecule has 2 saturated heterocycles. The van der Waals surface area contributed by atoms with Crippen LogP contribution in [0.1, 0.15) is 65.1 Å². The molecule has 4 aliphatic rings. The highest BCUT2D eigenvalue weighted by Gasteiger charge is 2.57. The summed E-state index contributed by atoms with van der Waals surface area (Å²) in [5.41, 5.74) is 1.78. The summed E-state index contributed by atoms with van der Waals surface area (Å²) < 4.78 is 29.6. The molecule has 0 spiro atoms. The largest absolute Gasteiger partial charge is 0.487 e. The van der Waals surface area contributed by atoms with Gasteiger partial charge in [-0.25, -0.2) is 23.4 Å². The molecule has 3 aliphatic heterocycles. The van der Waals surface area contributed by atoms with Gasteiger partial charge in [-0.1, -0.05) is 13.8 Å². The molecular formula is C28H35N7O4S. The number of piperazine rings is 1. The van der Waals surface area contributed by atoms with Gasteiger partial charge in [0.2, 0.25) is 5.91 Å². The molecule has 40 heavy (non-hydrogen) atoms. The lowest BCUT2D eigenvalue weighted by atomic mass is 9.87. The predicted octanol–water partition coefficient (Wildman–Crippen LogP) is 2.72. The molecule has 12 heteroatoms. The Bertz CT molecular complexity index is 1530. The topological polar surface area (TPSA) is 133 Å². The normalized spacial score (nSPS) is 28.4. The fourth-order valence-corrected chi connectivity index (χ4v) is 7.64. The summed E-state index contributed by atoms with van der Waals surface area (Å²) >= 11 is 0. The Kier molecular flexibility index (Phi) is 6.04. The molecule has 2 aromatic rings. The maximum absolute atomic E-state index is 13.4. The second-order valence-electron chi connectivity index (χ2n) is 12.4. The Morgan fingerprint density at radius 3 is 2.45 bits per heavy atom. The molecule has 212 valence electrons. The average Bonchev–Trinajstić information content (AvgIpc) is 3.70. The molecule has 2 aromatic heterocycles. The highest BCUT2D eigenvalue weighted by Crippen LogP contribution is 2.48. The van der Waals surface area contributed by atoms with E-state index >= 15 is 0 Å². The predicted molar refractivity (Wildman–Crippen MR) is 149 cm³/mol. The van der Waals surface area contributed by atoms with Gasteiger partial charge in [0, 0.05) is 48.8 Å². The molecule has 0 aromatic carbocycles. The highest BCUT2D eigenvalue weighted by molar-refractivity contribution is 7.95. The number of carbonyl (C=O) groups is 1. The van der Waals surface area contributed by atoms with Crippen LogP contribution in [0.15, 0.2) is 18.6 Å². The van der Waals surface area contributed by atoms with Gasteiger partial charge < -0.3 is 19.4 Å². The van der Waals surface area contributed by atoms with Crippen molar-refractivity contribution in [3.05, 3.63) is 29.8 Å². The van der Waals surface area contributed by atoms with Gasteiger partial charge in [0.25, 0.3) is 0 Å². The van der Waals surface area contributed by atoms with Crippen molar-refractivity contribution in [1.29, 1.82) is 5.26 Å². The van der Waals surface area contributed by atoms with Crippen molar-refractivity contribution in [1.82, 2.24) is 19.9 Å². The number of hydrogen-bond acceptors (Lipinski definition) is 10. The lowest BCUT2D eigenvalue weighted by molar-refractivity contribution is -0.137. The number of hydrogen-bond donors (Lipinski definition) is 0. The van der Waals surface area contributed by atoms with Crippen LogP contribution in [0.5, 0.6) is 5.75 Å². The Balaban J connectivity index is 1.31. The second-order valence-corrected chi connectivity index (χ2v) is 15.0. The number of sulfone groups is 1. The number of amides is 1. The first-order valence-electron chi connectivity index (χ1n) is 13.9. The van der Waals surface area contributed by atoms with Crippen LogP contribution in [0.25, 0.3) is 0 Å². The van der Waals surface area contributed by atoms with Gasteiger partial charge in [0.05, 0.1) is 23.7 Å². The summed E-state index contributed by atoms with van der Waals surface area (Å²) in [5, 5.41) is 9.53. The number of nitrogens with zero attached hydrogens (tertiary/aromatic N) is 7. The summed E-state index contributed by atoms with van der Waals surface area (Å²) in [6, 6.07) is 3.74. The molecule has 0 N–H and O–H groups in total. The zero-order valence-electron chi connectivity index (χ0n) is 23.6. The quantitative estimate of drug-likeness (QED) is 0.533. The Morgan fingerprint density at radius 2 is 1.82 bits per heavy atom. The van der Waals surface area contributed by atoms with Crippen molar-refractivity contribution in [3.63, 3.8) is 0 Å². The van der Waals surface area contributed by atoms with Gasteiger partial charge in [-0.15, -0.1) is 0 Å². The summed E-state index contributed by atoms with van der Waals surface area (Å²) in [6.45, 7) is 11.5. The summed E-state index contributed by atoms with van der Waals surface area (Å²) in [5.74, 6) is 1.87. The molecule has 1 unspecified atom stereocenters. The number of carbonyl (C=O) groups excluding carboxylic acids is 1. The zero-order valence-corrected chi connectivity index (χ0v) is 24.4. The smallest absolute Gasteiger partial charge is 0.244 e. The summed E-state index contributed by atoms with van der Waals surface area (Å²) in [6.07, 6.45) is 5.73. The maximum Gasteiger partial charge on any atom is 0.244 e. The fraction of sp³-hybridized carbons (Fsp3) is 0.607. The van der Waals surface area contributed by atoms with Crippen molar-refractivity contribution < 1.29 is 17.9 Å². The van der Waals surface area contributed by atoms with E-state index in [2.05, 4.69) is 34.7 Å². The minimum atomic E-state index is -3.41. The number of fused-ring (bicyclic) bond motifs is 1. The molecule has 3 atom stereocenters.